The van der Waals surface area contributed by atoms with Gasteiger partial charge in [0.1, 0.15) is 6.61 Å². The maximum absolute atomic E-state index is 11.9. The molecule has 2 aromatic rings. The Labute approximate surface area is 161 Å². The molecule has 27 heavy (non-hydrogen) atoms. The van der Waals surface area contributed by atoms with E-state index >= 15 is 0 Å². The first-order valence-corrected chi connectivity index (χ1v) is 9.05. The molecule has 5 heteroatoms. The Bertz CT molecular complexity index is 787. The van der Waals surface area contributed by atoms with Crippen molar-refractivity contribution in [3.8, 4) is 11.5 Å². The molecule has 2 N–H and O–H groups in total. The highest BCUT2D eigenvalue weighted by Gasteiger charge is 2.07. The lowest BCUT2D eigenvalue weighted by molar-refractivity contribution is 0.0955. The third-order valence-corrected chi connectivity index (χ3v) is 3.89. The summed E-state index contributed by atoms with van der Waals surface area (Å²) < 4.78 is 11.1. The van der Waals surface area contributed by atoms with E-state index in [1.165, 1.54) is 0 Å². The molecular weight excluding hydrogens is 340 g/mol. The van der Waals surface area contributed by atoms with Crippen molar-refractivity contribution in [2.24, 2.45) is 0 Å². The minimum absolute atomic E-state index is 0.0474. The van der Waals surface area contributed by atoms with Crippen molar-refractivity contribution in [1.82, 2.24) is 10.6 Å². The summed E-state index contributed by atoms with van der Waals surface area (Å²) in [7, 11) is 1.63. The van der Waals surface area contributed by atoms with E-state index in [0.717, 1.165) is 16.7 Å². The lowest BCUT2D eigenvalue weighted by Gasteiger charge is -2.13. The predicted molar refractivity (Wildman–Crippen MR) is 108 cm³/mol. The normalized spacial score (nSPS) is 10.3. The number of ether oxygens (including phenoxy) is 2. The Kier molecular flexibility index (Phi) is 7.89. The molecule has 0 heterocycles. The first-order valence-electron chi connectivity index (χ1n) is 9.05. The summed E-state index contributed by atoms with van der Waals surface area (Å²) >= 11 is 0. The summed E-state index contributed by atoms with van der Waals surface area (Å²) in [6.45, 7) is 10.1. The second kappa shape index (κ2) is 10.4. The van der Waals surface area contributed by atoms with E-state index in [2.05, 4.69) is 17.2 Å². The number of nitrogens with one attached hydrogen (secondary N) is 2. The molecule has 144 valence electrons. The van der Waals surface area contributed by atoms with Gasteiger partial charge in [0.15, 0.2) is 11.5 Å². The summed E-state index contributed by atoms with van der Waals surface area (Å²) in [6, 6.07) is 13.5. The van der Waals surface area contributed by atoms with Crippen molar-refractivity contribution in [1.29, 1.82) is 0 Å². The van der Waals surface area contributed by atoms with Gasteiger partial charge in [-0.3, -0.25) is 4.79 Å². The van der Waals surface area contributed by atoms with Crippen LogP contribution in [-0.4, -0.2) is 26.2 Å². The van der Waals surface area contributed by atoms with Crippen molar-refractivity contribution in [3.05, 3.63) is 71.3 Å². The van der Waals surface area contributed by atoms with Crippen LogP contribution in [0, 0.1) is 0 Å². The number of carbonyl (C=O) groups excluding carboxylic acids is 1. The SMILES string of the molecule is C=C(C)COc1cc(CNCc2cccc(C(=O)NCC)c2)ccc1OC. The van der Waals surface area contributed by atoms with Gasteiger partial charge in [-0.15, -0.1) is 0 Å². The van der Waals surface area contributed by atoms with Crippen LogP contribution in [0.15, 0.2) is 54.6 Å². The molecule has 0 bridgehead atoms. The number of rotatable bonds is 10. The van der Waals surface area contributed by atoms with Crippen LogP contribution in [0.4, 0.5) is 0 Å². The topological polar surface area (TPSA) is 59.6 Å². The van der Waals surface area contributed by atoms with Gasteiger partial charge in [0, 0.05) is 25.2 Å². The van der Waals surface area contributed by atoms with E-state index in [-0.39, 0.29) is 5.91 Å². The fraction of sp³-hybridized carbons (Fsp3) is 0.318. The average Bonchev–Trinajstić information content (AvgIpc) is 2.67. The van der Waals surface area contributed by atoms with Gasteiger partial charge in [-0.05, 0) is 54.8 Å². The highest BCUT2D eigenvalue weighted by Crippen LogP contribution is 2.28. The van der Waals surface area contributed by atoms with Gasteiger partial charge in [-0.2, -0.15) is 0 Å². The van der Waals surface area contributed by atoms with E-state index < -0.39 is 0 Å². The van der Waals surface area contributed by atoms with Crippen molar-refractivity contribution in [2.75, 3.05) is 20.3 Å². The second-order valence-electron chi connectivity index (χ2n) is 6.39. The van der Waals surface area contributed by atoms with Crippen LogP contribution < -0.4 is 20.1 Å². The number of methoxy groups -OCH3 is 1. The Hall–Kier alpha value is -2.79. The summed E-state index contributed by atoms with van der Waals surface area (Å²) in [5, 5.41) is 6.22. The van der Waals surface area contributed by atoms with Gasteiger partial charge < -0.3 is 20.1 Å². The second-order valence-corrected chi connectivity index (χ2v) is 6.39. The largest absolute Gasteiger partial charge is 0.493 e. The van der Waals surface area contributed by atoms with E-state index in [4.69, 9.17) is 9.47 Å². The Morgan fingerprint density at radius 1 is 1.07 bits per heavy atom. The molecule has 5 nitrogen and oxygen atoms in total. The highest BCUT2D eigenvalue weighted by molar-refractivity contribution is 5.94. The zero-order valence-electron chi connectivity index (χ0n) is 16.3. The molecule has 0 unspecified atom stereocenters. The molecule has 0 saturated carbocycles. The minimum atomic E-state index is -0.0474. The first kappa shape index (κ1) is 20.5. The number of amides is 1. The molecule has 2 aromatic carbocycles. The molecule has 0 saturated heterocycles. The summed E-state index contributed by atoms with van der Waals surface area (Å²) in [6.07, 6.45) is 0. The average molecular weight is 368 g/mol. The zero-order valence-corrected chi connectivity index (χ0v) is 16.3. The van der Waals surface area contributed by atoms with E-state index in [1.54, 1.807) is 7.11 Å². The lowest BCUT2D eigenvalue weighted by atomic mass is 10.1. The fourth-order valence-corrected chi connectivity index (χ4v) is 2.58. The van der Waals surface area contributed by atoms with E-state index in [0.29, 0.717) is 43.3 Å². The van der Waals surface area contributed by atoms with Crippen LogP contribution in [0.2, 0.25) is 0 Å². The van der Waals surface area contributed by atoms with Crippen LogP contribution in [-0.2, 0) is 13.1 Å². The van der Waals surface area contributed by atoms with Gasteiger partial charge in [0.25, 0.3) is 5.91 Å². The molecule has 0 aliphatic heterocycles. The number of carbonyl (C=O) groups is 1. The monoisotopic (exact) mass is 368 g/mol. The summed E-state index contributed by atoms with van der Waals surface area (Å²) in [5.74, 6) is 1.36. The highest BCUT2D eigenvalue weighted by atomic mass is 16.5. The molecule has 0 aromatic heterocycles. The fourth-order valence-electron chi connectivity index (χ4n) is 2.58. The third kappa shape index (κ3) is 6.46. The Morgan fingerprint density at radius 2 is 1.81 bits per heavy atom. The van der Waals surface area contributed by atoms with Crippen LogP contribution in [0.5, 0.6) is 11.5 Å². The molecule has 0 radical (unpaired) electrons. The van der Waals surface area contributed by atoms with Crippen LogP contribution >= 0.6 is 0 Å². The lowest BCUT2D eigenvalue weighted by Crippen LogP contribution is -2.23. The summed E-state index contributed by atoms with van der Waals surface area (Å²) in [4.78, 5) is 11.9. The Balaban J connectivity index is 1.96. The van der Waals surface area contributed by atoms with Crippen molar-refractivity contribution in [3.63, 3.8) is 0 Å². The quantitative estimate of drug-likeness (QED) is 0.628. The van der Waals surface area contributed by atoms with Crippen molar-refractivity contribution in [2.45, 2.75) is 26.9 Å². The molecule has 0 atom stereocenters. The van der Waals surface area contributed by atoms with Gasteiger partial charge in [-0.25, -0.2) is 0 Å². The van der Waals surface area contributed by atoms with Gasteiger partial charge in [0.2, 0.25) is 0 Å². The van der Waals surface area contributed by atoms with Crippen LogP contribution in [0.1, 0.15) is 35.3 Å². The molecule has 0 aliphatic rings. The number of benzene rings is 2. The van der Waals surface area contributed by atoms with Crippen molar-refractivity contribution < 1.29 is 14.3 Å². The number of hydrogen-bond donors (Lipinski definition) is 2. The molecule has 0 spiro atoms. The number of hydrogen-bond acceptors (Lipinski definition) is 4. The van der Waals surface area contributed by atoms with Crippen LogP contribution in [0.3, 0.4) is 0 Å². The maximum atomic E-state index is 11.9. The zero-order chi connectivity index (χ0) is 19.6. The molecule has 0 aliphatic carbocycles. The Morgan fingerprint density at radius 3 is 2.48 bits per heavy atom. The van der Waals surface area contributed by atoms with E-state index in [1.807, 2.05) is 56.3 Å². The van der Waals surface area contributed by atoms with Gasteiger partial charge in [0.05, 0.1) is 7.11 Å². The molecular formula is C22H28N2O3. The standard InChI is InChI=1S/C22H28N2O3/c1-5-24-22(25)19-8-6-7-17(11-19)13-23-14-18-9-10-20(26-4)21(12-18)27-15-16(2)3/h6-12,23H,2,5,13-15H2,1,3-4H3,(H,24,25). The molecule has 2 rings (SSSR count). The summed E-state index contributed by atoms with van der Waals surface area (Å²) in [5.41, 5.74) is 3.78. The van der Waals surface area contributed by atoms with Crippen molar-refractivity contribution >= 4 is 5.91 Å². The van der Waals surface area contributed by atoms with Crippen LogP contribution in [0.25, 0.3) is 0 Å². The molecule has 1 amide bonds. The minimum Gasteiger partial charge on any atom is -0.493 e. The van der Waals surface area contributed by atoms with Gasteiger partial charge in [-0.1, -0.05) is 24.8 Å². The third-order valence-electron chi connectivity index (χ3n) is 3.89. The van der Waals surface area contributed by atoms with Gasteiger partial charge >= 0.3 is 0 Å². The van der Waals surface area contributed by atoms with E-state index in [9.17, 15) is 4.79 Å². The smallest absolute Gasteiger partial charge is 0.251 e. The molecule has 0 fully saturated rings. The maximum Gasteiger partial charge on any atom is 0.251 e. The first-order chi connectivity index (χ1) is 13.0. The predicted octanol–water partition coefficient (Wildman–Crippen LogP) is 3.69.